The Bertz CT molecular complexity index is 1260. The lowest BCUT2D eigenvalue weighted by Gasteiger charge is -2.14. The molecule has 4 aromatic rings. The number of nitrogens with zero attached hydrogens (tertiary/aromatic N) is 2. The number of hydrogen-bond acceptors (Lipinski definition) is 5. The van der Waals surface area contributed by atoms with Crippen molar-refractivity contribution in [1.29, 1.82) is 0 Å². The summed E-state index contributed by atoms with van der Waals surface area (Å²) in [6.07, 6.45) is 1.34. The molecule has 0 atom stereocenters. The fourth-order valence-corrected chi connectivity index (χ4v) is 2.86. The van der Waals surface area contributed by atoms with Crippen molar-refractivity contribution in [3.63, 3.8) is 0 Å². The third-order valence-corrected chi connectivity index (χ3v) is 4.31. The minimum atomic E-state index is -0.742. The van der Waals surface area contributed by atoms with Gasteiger partial charge in [-0.2, -0.15) is 0 Å². The lowest BCUT2D eigenvalue weighted by atomic mass is 10.2. The van der Waals surface area contributed by atoms with Crippen LogP contribution in [0, 0.1) is 6.92 Å². The molecule has 8 nitrogen and oxygen atoms in total. The highest BCUT2D eigenvalue weighted by atomic mass is 16.3. The van der Waals surface area contributed by atoms with E-state index in [-0.39, 0.29) is 17.1 Å². The Kier molecular flexibility index (Phi) is 4.66. The zero-order valence-corrected chi connectivity index (χ0v) is 15.4. The Morgan fingerprint density at radius 3 is 2.38 bits per heavy atom. The first-order valence-corrected chi connectivity index (χ1v) is 8.77. The third kappa shape index (κ3) is 3.51. The van der Waals surface area contributed by atoms with Gasteiger partial charge in [-0.25, -0.2) is 4.98 Å². The topological polar surface area (TPSA) is 106 Å². The summed E-state index contributed by atoms with van der Waals surface area (Å²) in [5.74, 6) is -1.49. The number of amides is 2. The summed E-state index contributed by atoms with van der Waals surface area (Å²) < 4.78 is 6.20. The normalized spacial score (nSPS) is 10.7. The molecule has 0 aliphatic rings. The standard InChI is InChI=1S/C21H16N4O4/c1-13-8-10-14(11-9-13)25-18(22-16-6-3-2-5-15(16)21(25)28)20(27)24-23-19(26)17-7-4-12-29-17/h2-12H,1H3,(H,23,26)(H,24,27). The molecule has 0 aliphatic heterocycles. The van der Waals surface area contributed by atoms with E-state index >= 15 is 0 Å². The second-order valence-corrected chi connectivity index (χ2v) is 6.31. The molecule has 2 amide bonds. The molecule has 2 heterocycles. The van der Waals surface area contributed by atoms with Gasteiger partial charge in [0.15, 0.2) is 5.76 Å². The number of benzene rings is 2. The average Bonchev–Trinajstić information content (AvgIpc) is 3.28. The molecule has 0 aliphatic carbocycles. The minimum Gasteiger partial charge on any atom is -0.459 e. The Balaban J connectivity index is 1.76. The number of furan rings is 1. The molecule has 0 bridgehead atoms. The summed E-state index contributed by atoms with van der Waals surface area (Å²) in [5, 5.41) is 0.379. The SMILES string of the molecule is Cc1ccc(-n2c(C(=O)NNC(=O)c3ccco3)nc3ccccc3c2=O)cc1. The smallest absolute Gasteiger partial charge is 0.306 e. The number of carbonyl (C=O) groups is 2. The first-order chi connectivity index (χ1) is 14.0. The number of hydrazine groups is 1. The van der Waals surface area contributed by atoms with Crippen LogP contribution < -0.4 is 16.4 Å². The highest BCUT2D eigenvalue weighted by molar-refractivity contribution is 5.97. The molecule has 8 heteroatoms. The Labute approximate surface area is 164 Å². The predicted octanol–water partition coefficient (Wildman–Crippen LogP) is 2.36. The maximum atomic E-state index is 13.1. The highest BCUT2D eigenvalue weighted by Gasteiger charge is 2.20. The maximum Gasteiger partial charge on any atom is 0.306 e. The van der Waals surface area contributed by atoms with E-state index in [1.807, 2.05) is 19.1 Å². The molecule has 0 spiro atoms. The van der Waals surface area contributed by atoms with Gasteiger partial charge in [-0.3, -0.25) is 29.8 Å². The van der Waals surface area contributed by atoms with Crippen molar-refractivity contribution in [3.8, 4) is 5.69 Å². The number of fused-ring (bicyclic) bond motifs is 1. The molecule has 2 aromatic carbocycles. The van der Waals surface area contributed by atoms with Crippen molar-refractivity contribution in [1.82, 2.24) is 20.4 Å². The van der Waals surface area contributed by atoms with Gasteiger partial charge in [0.25, 0.3) is 5.56 Å². The van der Waals surface area contributed by atoms with E-state index < -0.39 is 11.8 Å². The fraction of sp³-hybridized carbons (Fsp3) is 0.0476. The number of aromatic nitrogens is 2. The molecule has 0 radical (unpaired) electrons. The lowest BCUT2D eigenvalue weighted by molar-refractivity contribution is 0.0824. The Morgan fingerprint density at radius 2 is 1.66 bits per heavy atom. The second kappa shape index (κ2) is 7.43. The van der Waals surface area contributed by atoms with E-state index in [2.05, 4.69) is 15.8 Å². The first-order valence-electron chi connectivity index (χ1n) is 8.77. The van der Waals surface area contributed by atoms with Crippen LogP contribution in [0.25, 0.3) is 16.6 Å². The molecular formula is C21H16N4O4. The van der Waals surface area contributed by atoms with Crippen LogP contribution in [0.15, 0.2) is 76.1 Å². The van der Waals surface area contributed by atoms with Crippen LogP contribution in [0.1, 0.15) is 26.7 Å². The molecule has 0 fully saturated rings. The van der Waals surface area contributed by atoms with Gasteiger partial charge in [0.1, 0.15) is 0 Å². The molecule has 4 rings (SSSR count). The third-order valence-electron chi connectivity index (χ3n) is 4.31. The van der Waals surface area contributed by atoms with Crippen molar-refractivity contribution in [2.75, 3.05) is 0 Å². The summed E-state index contributed by atoms with van der Waals surface area (Å²) in [7, 11) is 0. The lowest BCUT2D eigenvalue weighted by Crippen LogP contribution is -2.44. The van der Waals surface area contributed by atoms with Crippen molar-refractivity contribution >= 4 is 22.7 Å². The maximum absolute atomic E-state index is 13.1. The van der Waals surface area contributed by atoms with Crippen LogP contribution in [0.3, 0.4) is 0 Å². The van der Waals surface area contributed by atoms with Gasteiger partial charge in [-0.15, -0.1) is 0 Å². The van der Waals surface area contributed by atoms with E-state index in [4.69, 9.17) is 4.42 Å². The number of para-hydroxylation sites is 1. The average molecular weight is 388 g/mol. The second-order valence-electron chi connectivity index (χ2n) is 6.31. The molecule has 0 unspecified atom stereocenters. The molecule has 144 valence electrons. The largest absolute Gasteiger partial charge is 0.459 e. The summed E-state index contributed by atoms with van der Waals surface area (Å²) in [6.45, 7) is 1.92. The van der Waals surface area contributed by atoms with E-state index in [0.29, 0.717) is 16.6 Å². The van der Waals surface area contributed by atoms with Crippen molar-refractivity contribution in [2.24, 2.45) is 0 Å². The van der Waals surface area contributed by atoms with Gasteiger partial charge in [-0.05, 0) is 43.3 Å². The zero-order chi connectivity index (χ0) is 20.4. The molecular weight excluding hydrogens is 372 g/mol. The van der Waals surface area contributed by atoms with Crippen LogP contribution in [0.2, 0.25) is 0 Å². The van der Waals surface area contributed by atoms with Gasteiger partial charge >= 0.3 is 11.8 Å². The van der Waals surface area contributed by atoms with Gasteiger partial charge in [0.2, 0.25) is 5.82 Å². The van der Waals surface area contributed by atoms with Crippen LogP contribution >= 0.6 is 0 Å². The number of nitrogens with one attached hydrogen (secondary N) is 2. The quantitative estimate of drug-likeness (QED) is 0.524. The van der Waals surface area contributed by atoms with Gasteiger partial charge in [-0.1, -0.05) is 29.8 Å². The van der Waals surface area contributed by atoms with Gasteiger partial charge in [0, 0.05) is 0 Å². The number of aryl methyl sites for hydroxylation is 1. The van der Waals surface area contributed by atoms with Crippen molar-refractivity contribution in [3.05, 3.63) is 94.4 Å². The number of hydrogen-bond donors (Lipinski definition) is 2. The predicted molar refractivity (Wildman–Crippen MR) is 106 cm³/mol. The summed E-state index contributed by atoms with van der Waals surface area (Å²) >= 11 is 0. The summed E-state index contributed by atoms with van der Waals surface area (Å²) in [4.78, 5) is 42.3. The van der Waals surface area contributed by atoms with Crippen LogP contribution in [-0.4, -0.2) is 21.4 Å². The van der Waals surface area contributed by atoms with E-state index in [0.717, 1.165) is 5.56 Å². The minimum absolute atomic E-state index is 0.0349. The molecule has 2 N–H and O–H groups in total. The first kappa shape index (κ1) is 18.2. The Hall–Kier alpha value is -4.20. The van der Waals surface area contributed by atoms with E-state index in [1.54, 1.807) is 42.5 Å². The van der Waals surface area contributed by atoms with Gasteiger partial charge < -0.3 is 4.42 Å². The fourth-order valence-electron chi connectivity index (χ4n) is 2.86. The zero-order valence-electron chi connectivity index (χ0n) is 15.4. The highest BCUT2D eigenvalue weighted by Crippen LogP contribution is 2.14. The van der Waals surface area contributed by atoms with Gasteiger partial charge in [0.05, 0.1) is 22.9 Å². The van der Waals surface area contributed by atoms with E-state index in [9.17, 15) is 14.4 Å². The number of carbonyl (C=O) groups excluding carboxylic acids is 2. The van der Waals surface area contributed by atoms with Crippen molar-refractivity contribution < 1.29 is 14.0 Å². The number of rotatable bonds is 3. The molecule has 29 heavy (non-hydrogen) atoms. The molecule has 0 saturated carbocycles. The summed E-state index contributed by atoms with van der Waals surface area (Å²) in [6, 6.07) is 16.9. The Morgan fingerprint density at radius 1 is 0.931 bits per heavy atom. The summed E-state index contributed by atoms with van der Waals surface area (Å²) in [5.41, 5.74) is 6.02. The van der Waals surface area contributed by atoms with E-state index in [1.165, 1.54) is 16.9 Å². The molecule has 0 saturated heterocycles. The van der Waals surface area contributed by atoms with Crippen LogP contribution in [0.5, 0.6) is 0 Å². The van der Waals surface area contributed by atoms with Crippen LogP contribution in [-0.2, 0) is 0 Å². The van der Waals surface area contributed by atoms with Crippen molar-refractivity contribution in [2.45, 2.75) is 6.92 Å². The monoisotopic (exact) mass is 388 g/mol. The van der Waals surface area contributed by atoms with Crippen LogP contribution in [0.4, 0.5) is 0 Å². The molecule has 2 aromatic heterocycles.